The largest absolute Gasteiger partial charge is 0.493 e. The molecular formula is C23H26N6O3S. The number of hydrogen-bond donors (Lipinski definition) is 0. The molecule has 4 heterocycles. The summed E-state index contributed by atoms with van der Waals surface area (Å²) in [4.78, 5) is 17.5. The first-order chi connectivity index (χ1) is 16.0. The van der Waals surface area contributed by atoms with Gasteiger partial charge in [-0.3, -0.25) is 13.8 Å². The molecule has 0 N–H and O–H groups in total. The second kappa shape index (κ2) is 8.93. The topological polar surface area (TPSA) is 87.3 Å². The Morgan fingerprint density at radius 3 is 2.97 bits per heavy atom. The molecule has 2 aliphatic heterocycles. The molecule has 1 aromatic carbocycles. The van der Waals surface area contributed by atoms with Crippen LogP contribution in [0.1, 0.15) is 38.8 Å². The molecule has 0 atom stereocenters. The number of carbonyl (C=O) groups excluding carboxylic acids is 1. The molecule has 172 valence electrons. The molecule has 3 aromatic rings. The van der Waals surface area contributed by atoms with E-state index in [1.807, 2.05) is 10.9 Å². The molecule has 0 aliphatic carbocycles. The van der Waals surface area contributed by atoms with E-state index in [2.05, 4.69) is 51.5 Å². The maximum absolute atomic E-state index is 11.7. The van der Waals surface area contributed by atoms with E-state index >= 15 is 0 Å². The highest BCUT2D eigenvalue weighted by atomic mass is 32.2. The molecule has 33 heavy (non-hydrogen) atoms. The number of nitrogens with zero attached hydrogens (tertiary/aromatic N) is 6. The van der Waals surface area contributed by atoms with Crippen molar-refractivity contribution in [1.29, 1.82) is 0 Å². The van der Waals surface area contributed by atoms with Gasteiger partial charge in [0.05, 0.1) is 32.0 Å². The third-order valence-corrected chi connectivity index (χ3v) is 6.77. The third-order valence-electron chi connectivity index (χ3n) is 5.58. The Labute approximate surface area is 196 Å². The molecule has 0 bridgehead atoms. The predicted octanol–water partition coefficient (Wildman–Crippen LogP) is 3.95. The minimum atomic E-state index is -0.298. The zero-order chi connectivity index (χ0) is 22.9. The third kappa shape index (κ3) is 4.22. The van der Waals surface area contributed by atoms with Gasteiger partial charge in [-0.15, -0.1) is 0 Å². The lowest BCUT2D eigenvalue weighted by Crippen LogP contribution is -2.19. The summed E-state index contributed by atoms with van der Waals surface area (Å²) in [5, 5.41) is 8.69. The van der Waals surface area contributed by atoms with Gasteiger partial charge in [0.1, 0.15) is 18.6 Å². The van der Waals surface area contributed by atoms with Gasteiger partial charge in [0.15, 0.2) is 0 Å². The fraction of sp³-hybridized carbons (Fsp3) is 0.391. The van der Waals surface area contributed by atoms with Crippen LogP contribution in [0.15, 0.2) is 41.8 Å². The zero-order valence-electron chi connectivity index (χ0n) is 18.9. The van der Waals surface area contributed by atoms with Crippen LogP contribution < -0.4 is 9.04 Å². The summed E-state index contributed by atoms with van der Waals surface area (Å²) >= 11 is 1.73. The summed E-state index contributed by atoms with van der Waals surface area (Å²) < 4.78 is 16.9. The first kappa shape index (κ1) is 21.6. The number of carbonyl (C=O) groups is 1. The molecule has 2 aliphatic rings. The van der Waals surface area contributed by atoms with E-state index in [4.69, 9.17) is 9.47 Å². The number of esters is 1. The highest BCUT2D eigenvalue weighted by Gasteiger charge is 2.31. The van der Waals surface area contributed by atoms with E-state index in [1.54, 1.807) is 36.1 Å². The SMILES string of the molecule is CCOC(=O)Cn1cc(-c2ccc3c(c2)OCCC2=C3CN(c3ncnn3C(C)C)S2)cn1. The summed E-state index contributed by atoms with van der Waals surface area (Å²) in [7, 11) is 0. The van der Waals surface area contributed by atoms with Crippen LogP contribution in [-0.4, -0.2) is 50.3 Å². The number of aromatic nitrogens is 5. The molecule has 2 aromatic heterocycles. The molecule has 0 spiro atoms. The second-order valence-electron chi connectivity index (χ2n) is 8.17. The van der Waals surface area contributed by atoms with Crippen molar-refractivity contribution in [1.82, 2.24) is 24.5 Å². The summed E-state index contributed by atoms with van der Waals surface area (Å²) in [6.07, 6.45) is 6.08. The Balaban J connectivity index is 1.39. The first-order valence-corrected chi connectivity index (χ1v) is 11.8. The first-order valence-electron chi connectivity index (χ1n) is 11.1. The van der Waals surface area contributed by atoms with Crippen molar-refractivity contribution in [3.05, 3.63) is 47.4 Å². The second-order valence-corrected chi connectivity index (χ2v) is 9.29. The Morgan fingerprint density at radius 1 is 1.27 bits per heavy atom. The van der Waals surface area contributed by atoms with Gasteiger partial charge >= 0.3 is 5.97 Å². The number of anilines is 1. The van der Waals surface area contributed by atoms with Crippen molar-refractivity contribution < 1.29 is 14.3 Å². The Hall–Kier alpha value is -3.27. The highest BCUT2D eigenvalue weighted by molar-refractivity contribution is 8.04. The fourth-order valence-corrected chi connectivity index (χ4v) is 5.18. The van der Waals surface area contributed by atoms with Gasteiger partial charge in [0, 0.05) is 28.6 Å². The normalized spacial score (nSPS) is 15.3. The Kier molecular flexibility index (Phi) is 5.84. The van der Waals surface area contributed by atoms with Gasteiger partial charge in [-0.25, -0.2) is 4.68 Å². The minimum Gasteiger partial charge on any atom is -0.493 e. The van der Waals surface area contributed by atoms with Gasteiger partial charge in [0.25, 0.3) is 0 Å². The standard InChI is InChI=1S/C23H26N6O3S/c1-4-31-22(30)13-27-11-17(10-25-27)16-5-6-18-19-12-28(23-24-14-26-29(23)15(2)3)33-21(19)7-8-32-20(18)9-16/h5-6,9-11,14-15H,4,7-8,12-13H2,1-3H3. The van der Waals surface area contributed by atoms with Crippen molar-refractivity contribution in [2.24, 2.45) is 0 Å². The molecule has 0 fully saturated rings. The number of hydrogen-bond acceptors (Lipinski definition) is 8. The van der Waals surface area contributed by atoms with Crippen molar-refractivity contribution in [3.8, 4) is 16.9 Å². The van der Waals surface area contributed by atoms with Crippen LogP contribution in [0.2, 0.25) is 0 Å². The monoisotopic (exact) mass is 466 g/mol. The molecule has 0 radical (unpaired) electrons. The molecule has 0 saturated heterocycles. The highest BCUT2D eigenvalue weighted by Crippen LogP contribution is 2.46. The van der Waals surface area contributed by atoms with Gasteiger partial charge in [-0.2, -0.15) is 15.2 Å². The molecule has 9 nitrogen and oxygen atoms in total. The fourth-order valence-electron chi connectivity index (χ4n) is 4.04. The summed E-state index contributed by atoms with van der Waals surface area (Å²) in [5.41, 5.74) is 4.30. The lowest BCUT2D eigenvalue weighted by molar-refractivity contribution is -0.144. The van der Waals surface area contributed by atoms with E-state index in [-0.39, 0.29) is 18.6 Å². The zero-order valence-corrected chi connectivity index (χ0v) is 19.7. The molecule has 0 saturated carbocycles. The van der Waals surface area contributed by atoms with E-state index in [9.17, 15) is 4.79 Å². The predicted molar refractivity (Wildman–Crippen MR) is 127 cm³/mol. The van der Waals surface area contributed by atoms with Crippen molar-refractivity contribution in [3.63, 3.8) is 0 Å². The smallest absolute Gasteiger partial charge is 0.327 e. The van der Waals surface area contributed by atoms with Gasteiger partial charge < -0.3 is 9.47 Å². The number of benzene rings is 1. The maximum atomic E-state index is 11.7. The number of rotatable bonds is 6. The summed E-state index contributed by atoms with van der Waals surface area (Å²) in [6.45, 7) is 7.83. The van der Waals surface area contributed by atoms with Crippen LogP contribution in [0.4, 0.5) is 5.95 Å². The molecule has 5 rings (SSSR count). The molecular weight excluding hydrogens is 440 g/mol. The molecule has 10 heteroatoms. The number of ether oxygens (including phenoxy) is 2. The molecule has 0 amide bonds. The van der Waals surface area contributed by atoms with E-state index in [0.717, 1.165) is 41.4 Å². The quantitative estimate of drug-likeness (QED) is 0.399. The van der Waals surface area contributed by atoms with Crippen molar-refractivity contribution >= 4 is 29.4 Å². The van der Waals surface area contributed by atoms with Crippen LogP contribution in [-0.2, 0) is 16.1 Å². The number of fused-ring (bicyclic) bond motifs is 2. The van der Waals surface area contributed by atoms with Crippen LogP contribution in [0.3, 0.4) is 0 Å². The summed E-state index contributed by atoms with van der Waals surface area (Å²) in [5.74, 6) is 1.44. The lowest BCUT2D eigenvalue weighted by Gasteiger charge is -2.19. The van der Waals surface area contributed by atoms with Crippen LogP contribution in [0.5, 0.6) is 5.75 Å². The van der Waals surface area contributed by atoms with E-state index in [1.165, 1.54) is 10.5 Å². The summed E-state index contributed by atoms with van der Waals surface area (Å²) in [6, 6.07) is 6.49. The van der Waals surface area contributed by atoms with Crippen LogP contribution >= 0.6 is 11.9 Å². The van der Waals surface area contributed by atoms with Gasteiger partial charge in [-0.1, -0.05) is 12.1 Å². The molecule has 0 unspecified atom stereocenters. The van der Waals surface area contributed by atoms with Gasteiger partial charge in [0.2, 0.25) is 5.95 Å². The Bertz CT molecular complexity index is 1210. The van der Waals surface area contributed by atoms with Crippen molar-refractivity contribution in [2.45, 2.75) is 39.8 Å². The van der Waals surface area contributed by atoms with Gasteiger partial charge in [-0.05, 0) is 49.9 Å². The van der Waals surface area contributed by atoms with Crippen LogP contribution in [0, 0.1) is 0 Å². The van der Waals surface area contributed by atoms with E-state index < -0.39 is 0 Å². The van der Waals surface area contributed by atoms with E-state index in [0.29, 0.717) is 13.2 Å². The van der Waals surface area contributed by atoms with Crippen LogP contribution in [0.25, 0.3) is 16.7 Å². The average Bonchev–Trinajstić information content (AvgIpc) is 3.52. The van der Waals surface area contributed by atoms with Crippen molar-refractivity contribution in [2.75, 3.05) is 24.1 Å². The maximum Gasteiger partial charge on any atom is 0.327 e. The Morgan fingerprint density at radius 2 is 2.15 bits per heavy atom. The lowest BCUT2D eigenvalue weighted by atomic mass is 10.00. The average molecular weight is 467 g/mol. The minimum absolute atomic E-state index is 0.0968.